The monoisotopic (exact) mass is 230 g/mol. The van der Waals surface area contributed by atoms with Crippen LogP contribution in [0.15, 0.2) is 0 Å². The van der Waals surface area contributed by atoms with Crippen LogP contribution in [0.1, 0.15) is 39.0 Å². The van der Waals surface area contributed by atoms with Gasteiger partial charge in [0.15, 0.2) is 0 Å². The molecular weight excluding hydrogens is 208 g/mol. The molecule has 88 valence electrons. The Morgan fingerprint density at radius 3 is 2.60 bits per heavy atom. The van der Waals surface area contributed by atoms with E-state index in [1.807, 2.05) is 0 Å². The third-order valence-electron chi connectivity index (χ3n) is 3.15. The number of amides is 1. The molecule has 1 saturated carbocycles. The van der Waals surface area contributed by atoms with E-state index in [0.29, 0.717) is 5.25 Å². The van der Waals surface area contributed by atoms with Gasteiger partial charge in [-0.3, -0.25) is 4.79 Å². The van der Waals surface area contributed by atoms with Crippen LogP contribution in [0.5, 0.6) is 0 Å². The Labute approximate surface area is 96.6 Å². The van der Waals surface area contributed by atoms with Crippen LogP contribution in [-0.4, -0.2) is 29.5 Å². The minimum Gasteiger partial charge on any atom is -0.353 e. The van der Waals surface area contributed by atoms with Gasteiger partial charge in [-0.25, -0.2) is 0 Å². The van der Waals surface area contributed by atoms with Crippen molar-refractivity contribution in [2.45, 2.75) is 49.8 Å². The van der Waals surface area contributed by atoms with Gasteiger partial charge in [0.05, 0.1) is 5.54 Å². The molecule has 3 nitrogen and oxygen atoms in total. The number of carbonyl (C=O) groups is 1. The minimum absolute atomic E-state index is 0.0445. The van der Waals surface area contributed by atoms with Crippen molar-refractivity contribution >= 4 is 17.7 Å². The summed E-state index contributed by atoms with van der Waals surface area (Å²) in [4.78, 5) is 11.9. The van der Waals surface area contributed by atoms with Crippen LogP contribution in [-0.2, 0) is 4.79 Å². The number of nitrogens with one attached hydrogen (secondary N) is 1. The molecule has 3 N–H and O–H groups in total. The van der Waals surface area contributed by atoms with Gasteiger partial charge in [-0.05, 0) is 19.1 Å². The summed E-state index contributed by atoms with van der Waals surface area (Å²) in [6, 6.07) is 0. The molecule has 1 aliphatic rings. The van der Waals surface area contributed by atoms with Crippen molar-refractivity contribution < 1.29 is 4.79 Å². The third-order valence-corrected chi connectivity index (χ3v) is 4.12. The predicted octanol–water partition coefficient (Wildman–Crippen LogP) is 1.52. The molecule has 1 aliphatic carbocycles. The van der Waals surface area contributed by atoms with Crippen LogP contribution in [0.25, 0.3) is 0 Å². The van der Waals surface area contributed by atoms with Crippen molar-refractivity contribution in [3.05, 3.63) is 0 Å². The van der Waals surface area contributed by atoms with Crippen LogP contribution in [0.4, 0.5) is 0 Å². The van der Waals surface area contributed by atoms with E-state index in [1.54, 1.807) is 11.8 Å². The van der Waals surface area contributed by atoms with E-state index in [9.17, 15) is 4.79 Å². The van der Waals surface area contributed by atoms with Crippen molar-refractivity contribution in [1.82, 2.24) is 5.32 Å². The first kappa shape index (κ1) is 12.8. The number of rotatable bonds is 4. The van der Waals surface area contributed by atoms with E-state index in [-0.39, 0.29) is 5.91 Å². The topological polar surface area (TPSA) is 55.1 Å². The van der Waals surface area contributed by atoms with Crippen molar-refractivity contribution in [1.29, 1.82) is 0 Å². The van der Waals surface area contributed by atoms with E-state index in [0.717, 1.165) is 32.2 Å². The van der Waals surface area contributed by atoms with Gasteiger partial charge in [-0.15, -0.1) is 0 Å². The zero-order valence-electron chi connectivity index (χ0n) is 9.71. The first-order valence-corrected chi connectivity index (χ1v) is 6.97. The zero-order chi connectivity index (χ0) is 11.3. The Kier molecular flexibility index (Phi) is 4.93. The summed E-state index contributed by atoms with van der Waals surface area (Å²) in [6.45, 7) is 2.83. The Bertz CT molecular complexity index is 215. The fourth-order valence-electron chi connectivity index (χ4n) is 1.91. The number of thioether (sulfide) groups is 1. The number of nitrogens with two attached hydrogens (primary N) is 1. The average molecular weight is 230 g/mol. The van der Waals surface area contributed by atoms with Crippen molar-refractivity contribution in [2.75, 3.05) is 12.8 Å². The van der Waals surface area contributed by atoms with Gasteiger partial charge in [0.2, 0.25) is 5.91 Å². The van der Waals surface area contributed by atoms with E-state index in [1.165, 1.54) is 6.42 Å². The molecule has 4 heteroatoms. The SMILES string of the molecule is CSC(C)CNC(=O)C1(N)CCCCC1. The lowest BCUT2D eigenvalue weighted by atomic mass is 9.82. The second kappa shape index (κ2) is 5.75. The lowest BCUT2D eigenvalue weighted by Gasteiger charge is -2.32. The van der Waals surface area contributed by atoms with Gasteiger partial charge in [0.1, 0.15) is 0 Å². The summed E-state index contributed by atoms with van der Waals surface area (Å²) in [6.07, 6.45) is 7.12. The molecule has 0 aromatic heterocycles. The molecule has 1 amide bonds. The second-order valence-corrected chi connectivity index (χ2v) is 5.75. The molecule has 1 unspecified atom stereocenters. The Morgan fingerprint density at radius 1 is 1.47 bits per heavy atom. The molecule has 0 aliphatic heterocycles. The van der Waals surface area contributed by atoms with E-state index in [4.69, 9.17) is 5.73 Å². The van der Waals surface area contributed by atoms with Crippen molar-refractivity contribution in [2.24, 2.45) is 5.73 Å². The standard InChI is InChI=1S/C11H22N2OS/c1-9(15-2)8-13-10(14)11(12)6-4-3-5-7-11/h9H,3-8,12H2,1-2H3,(H,13,14). The molecule has 0 spiro atoms. The fourth-order valence-corrected chi connectivity index (χ4v) is 2.16. The number of hydrogen-bond donors (Lipinski definition) is 2. The molecule has 1 rings (SSSR count). The largest absolute Gasteiger partial charge is 0.353 e. The van der Waals surface area contributed by atoms with E-state index >= 15 is 0 Å². The average Bonchev–Trinajstić information content (AvgIpc) is 2.26. The second-order valence-electron chi connectivity index (χ2n) is 4.47. The molecular formula is C11H22N2OS. The summed E-state index contributed by atoms with van der Waals surface area (Å²) in [5, 5.41) is 3.42. The molecule has 15 heavy (non-hydrogen) atoms. The van der Waals surface area contributed by atoms with Gasteiger partial charge in [0, 0.05) is 11.8 Å². The maximum Gasteiger partial charge on any atom is 0.240 e. The molecule has 0 aromatic carbocycles. The van der Waals surface area contributed by atoms with Crippen LogP contribution in [0, 0.1) is 0 Å². The van der Waals surface area contributed by atoms with Crippen molar-refractivity contribution in [3.8, 4) is 0 Å². The van der Waals surface area contributed by atoms with Gasteiger partial charge in [-0.2, -0.15) is 11.8 Å². The van der Waals surface area contributed by atoms with Crippen LogP contribution < -0.4 is 11.1 Å². The molecule has 0 heterocycles. The predicted molar refractivity (Wildman–Crippen MR) is 66.0 cm³/mol. The van der Waals surface area contributed by atoms with Crippen LogP contribution >= 0.6 is 11.8 Å². The molecule has 0 radical (unpaired) electrons. The zero-order valence-corrected chi connectivity index (χ0v) is 10.5. The highest BCUT2D eigenvalue weighted by Gasteiger charge is 2.34. The molecule has 0 aromatic rings. The summed E-state index contributed by atoms with van der Waals surface area (Å²) < 4.78 is 0. The summed E-state index contributed by atoms with van der Waals surface area (Å²) in [5.74, 6) is 0.0445. The van der Waals surface area contributed by atoms with Crippen LogP contribution in [0.2, 0.25) is 0 Å². The maximum absolute atomic E-state index is 11.9. The van der Waals surface area contributed by atoms with E-state index in [2.05, 4.69) is 18.5 Å². The normalized spacial score (nSPS) is 22.1. The summed E-state index contributed by atoms with van der Waals surface area (Å²) in [7, 11) is 0. The first-order valence-electron chi connectivity index (χ1n) is 5.68. The maximum atomic E-state index is 11.9. The fraction of sp³-hybridized carbons (Fsp3) is 0.909. The Balaban J connectivity index is 2.37. The highest BCUT2D eigenvalue weighted by Crippen LogP contribution is 2.25. The number of carbonyl (C=O) groups excluding carboxylic acids is 1. The third kappa shape index (κ3) is 3.68. The smallest absolute Gasteiger partial charge is 0.240 e. The Hall–Kier alpha value is -0.220. The summed E-state index contributed by atoms with van der Waals surface area (Å²) >= 11 is 1.76. The lowest BCUT2D eigenvalue weighted by molar-refractivity contribution is -0.127. The van der Waals surface area contributed by atoms with Gasteiger partial charge < -0.3 is 11.1 Å². The Morgan fingerprint density at radius 2 is 2.07 bits per heavy atom. The first-order chi connectivity index (χ1) is 7.08. The van der Waals surface area contributed by atoms with Gasteiger partial charge in [0.25, 0.3) is 0 Å². The number of hydrogen-bond acceptors (Lipinski definition) is 3. The van der Waals surface area contributed by atoms with Crippen LogP contribution in [0.3, 0.4) is 0 Å². The van der Waals surface area contributed by atoms with Gasteiger partial charge >= 0.3 is 0 Å². The quantitative estimate of drug-likeness (QED) is 0.770. The molecule has 1 fully saturated rings. The highest BCUT2D eigenvalue weighted by molar-refractivity contribution is 7.99. The molecule has 0 bridgehead atoms. The molecule has 0 saturated heterocycles. The van der Waals surface area contributed by atoms with Crippen molar-refractivity contribution in [3.63, 3.8) is 0 Å². The summed E-state index contributed by atoms with van der Waals surface area (Å²) in [5.41, 5.74) is 5.52. The minimum atomic E-state index is -0.587. The molecule has 1 atom stereocenters. The highest BCUT2D eigenvalue weighted by atomic mass is 32.2. The van der Waals surface area contributed by atoms with E-state index < -0.39 is 5.54 Å². The van der Waals surface area contributed by atoms with Gasteiger partial charge in [-0.1, -0.05) is 26.2 Å². The lowest BCUT2D eigenvalue weighted by Crippen LogP contribution is -2.55.